The molecule has 28 heavy (non-hydrogen) atoms. The Kier molecular flexibility index (Phi) is 5.20. The molecule has 0 unspecified atom stereocenters. The van der Waals surface area contributed by atoms with E-state index in [-0.39, 0.29) is 36.5 Å². The fraction of sp³-hybridized carbons (Fsp3) is 0.421. The molecule has 1 aromatic heterocycles. The smallest absolute Gasteiger partial charge is 0.334 e. The normalized spacial score (nSPS) is 17.6. The van der Waals surface area contributed by atoms with E-state index < -0.39 is 35.2 Å². The molecule has 0 saturated carbocycles. The second-order valence-corrected chi connectivity index (χ2v) is 7.58. The maximum absolute atomic E-state index is 14.4. The van der Waals surface area contributed by atoms with Gasteiger partial charge in [-0.15, -0.1) is 0 Å². The van der Waals surface area contributed by atoms with E-state index in [1.54, 1.807) is 0 Å². The van der Waals surface area contributed by atoms with Crippen molar-refractivity contribution in [2.75, 3.05) is 19.7 Å². The van der Waals surface area contributed by atoms with Crippen LogP contribution in [0.2, 0.25) is 0 Å². The number of aliphatic carboxylic acids is 1. The Labute approximate surface area is 160 Å². The van der Waals surface area contributed by atoms with Crippen LogP contribution in [0, 0.1) is 11.6 Å². The molecule has 1 saturated heterocycles. The second kappa shape index (κ2) is 7.31. The molecular weight excluding hydrogens is 372 g/mol. The van der Waals surface area contributed by atoms with E-state index >= 15 is 0 Å². The minimum Gasteiger partial charge on any atom is -0.479 e. The molecule has 3 rings (SSSR count). The predicted molar refractivity (Wildman–Crippen MR) is 95.9 cm³/mol. The average Bonchev–Trinajstić information content (AvgIpc) is 3.06. The first-order valence-corrected chi connectivity index (χ1v) is 8.77. The van der Waals surface area contributed by atoms with Gasteiger partial charge in [-0.2, -0.15) is 5.10 Å². The number of carboxylic acids is 1. The molecule has 1 fully saturated rings. The van der Waals surface area contributed by atoms with E-state index in [0.717, 1.165) is 12.1 Å². The van der Waals surface area contributed by atoms with E-state index in [1.807, 2.05) is 20.8 Å². The first-order valence-electron chi connectivity index (χ1n) is 8.77. The average molecular weight is 393 g/mol. The second-order valence-electron chi connectivity index (χ2n) is 7.58. The summed E-state index contributed by atoms with van der Waals surface area (Å²) in [5.41, 5.74) is -0.295. The quantitative estimate of drug-likeness (QED) is 0.866. The zero-order valence-electron chi connectivity index (χ0n) is 15.8. The van der Waals surface area contributed by atoms with Crippen molar-refractivity contribution >= 4 is 11.9 Å². The Morgan fingerprint density at radius 3 is 2.61 bits per heavy atom. The monoisotopic (exact) mass is 393 g/mol. The standard InChI is InChI=1S/C19H21F2N3O4/c1-19(2,3)24-9-13(16(22-24)12-5-4-11(20)8-14(12)21)17(25)23-6-7-28-15(10-23)18(26)27/h4-5,8-9,15H,6-7,10H2,1-3H3,(H,26,27)/t15-/m1/s1. The summed E-state index contributed by atoms with van der Waals surface area (Å²) in [6.45, 7) is 5.77. The van der Waals surface area contributed by atoms with Gasteiger partial charge in [0.15, 0.2) is 6.10 Å². The Hall–Kier alpha value is -2.81. The number of hydrogen-bond acceptors (Lipinski definition) is 4. The Morgan fingerprint density at radius 1 is 1.29 bits per heavy atom. The van der Waals surface area contributed by atoms with Crippen molar-refractivity contribution in [1.29, 1.82) is 0 Å². The lowest BCUT2D eigenvalue weighted by Crippen LogP contribution is -2.48. The van der Waals surface area contributed by atoms with Gasteiger partial charge in [0.2, 0.25) is 0 Å². The number of carbonyl (C=O) groups excluding carboxylic acids is 1. The molecule has 0 bridgehead atoms. The molecule has 2 heterocycles. The van der Waals surface area contributed by atoms with Crippen LogP contribution in [-0.2, 0) is 15.1 Å². The molecule has 1 amide bonds. The molecule has 0 aliphatic carbocycles. The third-order valence-corrected chi connectivity index (χ3v) is 4.45. The number of morpholine rings is 1. The number of carbonyl (C=O) groups is 2. The molecule has 2 aromatic rings. The molecule has 150 valence electrons. The minimum atomic E-state index is -1.16. The van der Waals surface area contributed by atoms with Crippen LogP contribution in [0.3, 0.4) is 0 Å². The van der Waals surface area contributed by atoms with Crippen molar-refractivity contribution in [2.45, 2.75) is 32.4 Å². The molecule has 1 aromatic carbocycles. The van der Waals surface area contributed by atoms with Gasteiger partial charge in [0.25, 0.3) is 5.91 Å². The number of halogens is 2. The molecule has 9 heteroatoms. The number of aromatic nitrogens is 2. The summed E-state index contributed by atoms with van der Waals surface area (Å²) in [6.07, 6.45) is 0.382. The fourth-order valence-electron chi connectivity index (χ4n) is 2.91. The van der Waals surface area contributed by atoms with Crippen molar-refractivity contribution in [3.8, 4) is 11.3 Å². The molecule has 7 nitrogen and oxygen atoms in total. The van der Waals surface area contributed by atoms with Crippen molar-refractivity contribution in [3.05, 3.63) is 41.6 Å². The third-order valence-electron chi connectivity index (χ3n) is 4.45. The zero-order valence-corrected chi connectivity index (χ0v) is 15.8. The van der Waals surface area contributed by atoms with Gasteiger partial charge in [-0.3, -0.25) is 9.48 Å². The predicted octanol–water partition coefficient (Wildman–Crippen LogP) is 2.51. The Morgan fingerprint density at radius 2 is 2.00 bits per heavy atom. The first-order chi connectivity index (χ1) is 13.1. The van der Waals surface area contributed by atoms with Crippen LogP contribution in [0.4, 0.5) is 8.78 Å². The number of ether oxygens (including phenoxy) is 1. The van der Waals surface area contributed by atoms with Gasteiger partial charge in [0, 0.05) is 24.4 Å². The topological polar surface area (TPSA) is 84.7 Å². The van der Waals surface area contributed by atoms with Crippen LogP contribution in [-0.4, -0.2) is 57.5 Å². The molecule has 1 N–H and O–H groups in total. The summed E-state index contributed by atoms with van der Waals surface area (Å²) in [5.74, 6) is -3.21. The molecule has 0 radical (unpaired) electrons. The van der Waals surface area contributed by atoms with Gasteiger partial charge < -0.3 is 14.7 Å². The van der Waals surface area contributed by atoms with Crippen LogP contribution >= 0.6 is 0 Å². The summed E-state index contributed by atoms with van der Waals surface area (Å²) in [5, 5.41) is 13.5. The van der Waals surface area contributed by atoms with Crippen molar-refractivity contribution < 1.29 is 28.2 Å². The van der Waals surface area contributed by atoms with Crippen LogP contribution in [0.15, 0.2) is 24.4 Å². The highest BCUT2D eigenvalue weighted by Crippen LogP contribution is 2.29. The van der Waals surface area contributed by atoms with E-state index in [1.165, 1.54) is 21.8 Å². The lowest BCUT2D eigenvalue weighted by molar-refractivity contribution is -0.154. The van der Waals surface area contributed by atoms with Crippen molar-refractivity contribution in [1.82, 2.24) is 14.7 Å². The lowest BCUT2D eigenvalue weighted by atomic mass is 10.1. The Bertz CT molecular complexity index is 920. The number of nitrogens with zero attached hydrogens (tertiary/aromatic N) is 3. The van der Waals surface area contributed by atoms with Gasteiger partial charge >= 0.3 is 5.97 Å². The highest BCUT2D eigenvalue weighted by atomic mass is 19.1. The van der Waals surface area contributed by atoms with Crippen LogP contribution in [0.25, 0.3) is 11.3 Å². The SMILES string of the molecule is CC(C)(C)n1cc(C(=O)N2CCO[C@@H](C(=O)O)C2)c(-c2ccc(F)cc2F)n1. The van der Waals surface area contributed by atoms with E-state index in [9.17, 15) is 18.4 Å². The van der Waals surface area contributed by atoms with Gasteiger partial charge in [0.05, 0.1) is 24.3 Å². The van der Waals surface area contributed by atoms with E-state index in [4.69, 9.17) is 9.84 Å². The van der Waals surface area contributed by atoms with Crippen molar-refractivity contribution in [2.24, 2.45) is 0 Å². The minimum absolute atomic E-state index is 0.00389. The third kappa shape index (κ3) is 3.89. The van der Waals surface area contributed by atoms with Crippen LogP contribution in [0.1, 0.15) is 31.1 Å². The summed E-state index contributed by atoms with van der Waals surface area (Å²) >= 11 is 0. The van der Waals surface area contributed by atoms with Crippen LogP contribution < -0.4 is 0 Å². The molecule has 1 aliphatic rings. The van der Waals surface area contributed by atoms with Gasteiger partial charge in [-0.05, 0) is 32.9 Å². The molecule has 1 aliphatic heterocycles. The van der Waals surface area contributed by atoms with E-state index in [0.29, 0.717) is 0 Å². The maximum atomic E-state index is 14.4. The van der Waals surface area contributed by atoms with Crippen molar-refractivity contribution in [3.63, 3.8) is 0 Å². The molecular formula is C19H21F2N3O4. The van der Waals surface area contributed by atoms with Crippen LogP contribution in [0.5, 0.6) is 0 Å². The number of amides is 1. The first kappa shape index (κ1) is 19.9. The number of rotatable bonds is 3. The van der Waals surface area contributed by atoms with Gasteiger partial charge in [-0.1, -0.05) is 0 Å². The fourth-order valence-corrected chi connectivity index (χ4v) is 2.91. The molecule has 1 atom stereocenters. The Balaban J connectivity index is 2.05. The highest BCUT2D eigenvalue weighted by Gasteiger charge is 2.33. The number of carboxylic acid groups (broad SMARTS) is 1. The maximum Gasteiger partial charge on any atom is 0.334 e. The molecule has 0 spiro atoms. The summed E-state index contributed by atoms with van der Waals surface area (Å²) in [6, 6.07) is 3.06. The lowest BCUT2D eigenvalue weighted by Gasteiger charge is -2.30. The van der Waals surface area contributed by atoms with E-state index in [2.05, 4.69) is 5.10 Å². The number of hydrogen-bond donors (Lipinski definition) is 1. The largest absolute Gasteiger partial charge is 0.479 e. The summed E-state index contributed by atoms with van der Waals surface area (Å²) in [7, 11) is 0. The highest BCUT2D eigenvalue weighted by molar-refractivity contribution is 6.00. The van der Waals surface area contributed by atoms with Gasteiger partial charge in [-0.25, -0.2) is 13.6 Å². The number of benzene rings is 1. The zero-order chi connectivity index (χ0) is 20.6. The summed E-state index contributed by atoms with van der Waals surface area (Å²) < 4.78 is 34.4. The van der Waals surface area contributed by atoms with Gasteiger partial charge in [0.1, 0.15) is 17.3 Å². The summed E-state index contributed by atoms with van der Waals surface area (Å²) in [4.78, 5) is 25.6.